The van der Waals surface area contributed by atoms with Crippen LogP contribution in [0.25, 0.3) is 0 Å². The van der Waals surface area contributed by atoms with Crippen LogP contribution in [-0.4, -0.2) is 42.5 Å². The molecule has 2 heterocycles. The van der Waals surface area contributed by atoms with Gasteiger partial charge in [-0.1, -0.05) is 23.7 Å². The van der Waals surface area contributed by atoms with Crippen LogP contribution in [0.5, 0.6) is 0 Å². The summed E-state index contributed by atoms with van der Waals surface area (Å²) in [5, 5.41) is 6.54. The van der Waals surface area contributed by atoms with Crippen LogP contribution < -0.4 is 10.6 Å². The van der Waals surface area contributed by atoms with Gasteiger partial charge in [-0.05, 0) is 49.1 Å². The number of piperidine rings is 1. The van der Waals surface area contributed by atoms with E-state index in [0.717, 1.165) is 24.8 Å². The first kappa shape index (κ1) is 18.3. The van der Waals surface area contributed by atoms with Crippen molar-refractivity contribution in [3.8, 4) is 0 Å². The summed E-state index contributed by atoms with van der Waals surface area (Å²) in [6, 6.07) is 10.9. The van der Waals surface area contributed by atoms with Crippen molar-refractivity contribution >= 4 is 23.5 Å². The zero-order chi connectivity index (χ0) is 18.4. The van der Waals surface area contributed by atoms with Gasteiger partial charge in [-0.2, -0.15) is 0 Å². The molecule has 2 N–H and O–H groups in total. The van der Waals surface area contributed by atoms with Crippen LogP contribution >= 0.6 is 11.6 Å². The lowest BCUT2D eigenvalue weighted by Crippen LogP contribution is -2.49. The summed E-state index contributed by atoms with van der Waals surface area (Å²) in [7, 11) is 0. The van der Waals surface area contributed by atoms with E-state index in [1.807, 2.05) is 24.3 Å². The first-order valence-electron chi connectivity index (χ1n) is 8.73. The third-order valence-electron chi connectivity index (χ3n) is 4.44. The summed E-state index contributed by atoms with van der Waals surface area (Å²) in [5.74, 6) is 0.259. The fraction of sp³-hybridized carbons (Fsp3) is 0.368. The molecule has 3 amide bonds. The van der Waals surface area contributed by atoms with Crippen molar-refractivity contribution in [1.82, 2.24) is 15.5 Å². The van der Waals surface area contributed by atoms with Crippen molar-refractivity contribution in [1.29, 1.82) is 0 Å². The minimum absolute atomic E-state index is 0.0711. The molecular weight excluding hydrogens is 354 g/mol. The van der Waals surface area contributed by atoms with Gasteiger partial charge in [0.1, 0.15) is 0 Å². The van der Waals surface area contributed by atoms with E-state index >= 15 is 0 Å². The van der Waals surface area contributed by atoms with E-state index in [1.165, 1.54) is 6.26 Å². The van der Waals surface area contributed by atoms with Crippen LogP contribution in [0, 0.1) is 0 Å². The number of urea groups is 1. The van der Waals surface area contributed by atoms with Crippen molar-refractivity contribution in [2.24, 2.45) is 0 Å². The van der Waals surface area contributed by atoms with Crippen molar-refractivity contribution in [2.45, 2.75) is 25.3 Å². The average molecular weight is 376 g/mol. The molecular formula is C19H22ClN3O3. The van der Waals surface area contributed by atoms with E-state index in [4.69, 9.17) is 16.0 Å². The second-order valence-corrected chi connectivity index (χ2v) is 6.76. The summed E-state index contributed by atoms with van der Waals surface area (Å²) < 4.78 is 5.15. The van der Waals surface area contributed by atoms with Gasteiger partial charge in [0.2, 0.25) is 0 Å². The first-order chi connectivity index (χ1) is 12.6. The molecule has 7 heteroatoms. The number of hydrogen-bond acceptors (Lipinski definition) is 3. The van der Waals surface area contributed by atoms with Crippen molar-refractivity contribution in [3.63, 3.8) is 0 Å². The van der Waals surface area contributed by atoms with Gasteiger partial charge >= 0.3 is 6.03 Å². The minimum Gasteiger partial charge on any atom is -0.459 e. The molecule has 0 radical (unpaired) electrons. The smallest absolute Gasteiger partial charge is 0.315 e. The predicted octanol–water partition coefficient (Wildman–Crippen LogP) is 3.08. The number of likely N-dealkylation sites (tertiary alicyclic amines) is 1. The molecule has 0 spiro atoms. The summed E-state index contributed by atoms with van der Waals surface area (Å²) in [6.45, 7) is 1.75. The van der Waals surface area contributed by atoms with Crippen LogP contribution in [-0.2, 0) is 6.42 Å². The number of nitrogens with zero attached hydrogens (tertiary/aromatic N) is 1. The fourth-order valence-electron chi connectivity index (χ4n) is 3.03. The molecule has 3 rings (SSSR count). The van der Waals surface area contributed by atoms with E-state index in [9.17, 15) is 9.59 Å². The maximum atomic E-state index is 12.2. The summed E-state index contributed by atoms with van der Waals surface area (Å²) in [5.41, 5.74) is 1.09. The Morgan fingerprint density at radius 1 is 1.19 bits per heavy atom. The molecule has 1 saturated heterocycles. The Kier molecular flexibility index (Phi) is 6.17. The molecule has 0 atom stereocenters. The Morgan fingerprint density at radius 3 is 2.69 bits per heavy atom. The molecule has 1 fully saturated rings. The van der Waals surface area contributed by atoms with E-state index in [2.05, 4.69) is 10.6 Å². The molecule has 1 aliphatic rings. The number of nitrogens with one attached hydrogen (secondary N) is 2. The first-order valence-corrected chi connectivity index (χ1v) is 9.11. The van der Waals surface area contributed by atoms with Gasteiger partial charge < -0.3 is 20.0 Å². The van der Waals surface area contributed by atoms with Gasteiger partial charge in [0.15, 0.2) is 5.76 Å². The number of carbonyl (C=O) groups is 2. The maximum Gasteiger partial charge on any atom is 0.315 e. The van der Waals surface area contributed by atoms with E-state index in [0.29, 0.717) is 30.4 Å². The van der Waals surface area contributed by atoms with Gasteiger partial charge in [0.05, 0.1) is 6.26 Å². The Hall–Kier alpha value is -2.47. The molecule has 0 unspecified atom stereocenters. The van der Waals surface area contributed by atoms with Crippen molar-refractivity contribution < 1.29 is 14.0 Å². The SMILES string of the molecule is O=C(NCCc1cccc(Cl)c1)NC1CCN(C(=O)c2ccco2)CC1. The highest BCUT2D eigenvalue weighted by Gasteiger charge is 2.25. The Labute approximate surface area is 157 Å². The highest BCUT2D eigenvalue weighted by Crippen LogP contribution is 2.14. The van der Waals surface area contributed by atoms with Crippen LogP contribution in [0.15, 0.2) is 47.1 Å². The van der Waals surface area contributed by atoms with Crippen LogP contribution in [0.1, 0.15) is 29.0 Å². The molecule has 1 aromatic carbocycles. The third-order valence-corrected chi connectivity index (χ3v) is 4.67. The minimum atomic E-state index is -0.178. The number of hydrogen-bond donors (Lipinski definition) is 2. The molecule has 6 nitrogen and oxygen atoms in total. The summed E-state index contributed by atoms with van der Waals surface area (Å²) >= 11 is 5.95. The normalized spacial score (nSPS) is 14.9. The monoisotopic (exact) mass is 375 g/mol. The largest absolute Gasteiger partial charge is 0.459 e. The van der Waals surface area contributed by atoms with Gasteiger partial charge in [0, 0.05) is 30.7 Å². The lowest BCUT2D eigenvalue weighted by atomic mass is 10.0. The highest BCUT2D eigenvalue weighted by atomic mass is 35.5. The second-order valence-electron chi connectivity index (χ2n) is 6.32. The van der Waals surface area contributed by atoms with Gasteiger partial charge in [-0.15, -0.1) is 0 Å². The predicted molar refractivity (Wildman–Crippen MR) is 99.3 cm³/mol. The molecule has 0 saturated carbocycles. The topological polar surface area (TPSA) is 74.6 Å². The average Bonchev–Trinajstić information content (AvgIpc) is 3.16. The van der Waals surface area contributed by atoms with E-state index in [-0.39, 0.29) is 18.0 Å². The number of halogens is 1. The van der Waals surface area contributed by atoms with Crippen molar-refractivity contribution in [3.05, 3.63) is 59.0 Å². The van der Waals surface area contributed by atoms with E-state index < -0.39 is 0 Å². The third kappa shape index (κ3) is 5.02. The molecule has 1 aromatic heterocycles. The number of rotatable bonds is 5. The molecule has 26 heavy (non-hydrogen) atoms. The molecule has 1 aliphatic heterocycles. The number of benzene rings is 1. The van der Waals surface area contributed by atoms with Crippen LogP contribution in [0.2, 0.25) is 5.02 Å². The summed E-state index contributed by atoms with van der Waals surface area (Å²) in [6.07, 6.45) is 3.68. The van der Waals surface area contributed by atoms with Crippen LogP contribution in [0.3, 0.4) is 0 Å². The number of carbonyl (C=O) groups excluding carboxylic acids is 2. The Bertz CT molecular complexity index is 740. The highest BCUT2D eigenvalue weighted by molar-refractivity contribution is 6.30. The van der Waals surface area contributed by atoms with Gasteiger partial charge in [0.25, 0.3) is 5.91 Å². The number of furan rings is 1. The molecule has 2 aromatic rings. The Morgan fingerprint density at radius 2 is 2.00 bits per heavy atom. The fourth-order valence-corrected chi connectivity index (χ4v) is 3.25. The van der Waals surface area contributed by atoms with Gasteiger partial charge in [-0.3, -0.25) is 4.79 Å². The lowest BCUT2D eigenvalue weighted by Gasteiger charge is -2.31. The standard InChI is InChI=1S/C19H22ClN3O3/c20-15-4-1-3-14(13-15)6-9-21-19(25)22-16-7-10-23(11-8-16)18(24)17-5-2-12-26-17/h1-5,12-13,16H,6-11H2,(H2,21,22,25). The lowest BCUT2D eigenvalue weighted by molar-refractivity contribution is 0.0676. The van der Waals surface area contributed by atoms with Gasteiger partial charge in [-0.25, -0.2) is 4.79 Å². The second kappa shape index (κ2) is 8.76. The number of amides is 3. The van der Waals surface area contributed by atoms with Crippen LogP contribution in [0.4, 0.5) is 4.79 Å². The maximum absolute atomic E-state index is 12.2. The molecule has 138 valence electrons. The molecule has 0 bridgehead atoms. The zero-order valence-corrected chi connectivity index (χ0v) is 15.2. The molecule has 0 aliphatic carbocycles. The quantitative estimate of drug-likeness (QED) is 0.843. The van der Waals surface area contributed by atoms with E-state index in [1.54, 1.807) is 17.0 Å². The zero-order valence-electron chi connectivity index (χ0n) is 14.4. The Balaban J connectivity index is 1.36. The summed E-state index contributed by atoms with van der Waals surface area (Å²) in [4.78, 5) is 26.0. The van der Waals surface area contributed by atoms with Crippen molar-refractivity contribution in [2.75, 3.05) is 19.6 Å².